The van der Waals surface area contributed by atoms with Gasteiger partial charge in [-0.1, -0.05) is 36.4 Å². The molecule has 0 N–H and O–H groups in total. The van der Waals surface area contributed by atoms with Gasteiger partial charge in [-0.25, -0.2) is 52.7 Å². The van der Waals surface area contributed by atoms with E-state index >= 15 is 0 Å². The van der Waals surface area contributed by atoms with Gasteiger partial charge in [0.15, 0.2) is 29.1 Å². The molecule has 0 atom stereocenters. The zero-order valence-corrected chi connectivity index (χ0v) is 62.8. The van der Waals surface area contributed by atoms with Gasteiger partial charge in [0.2, 0.25) is 17.5 Å². The van der Waals surface area contributed by atoms with E-state index in [0.29, 0.717) is 61.7 Å². The number of nitriles is 2. The van der Waals surface area contributed by atoms with Crippen LogP contribution in [0.5, 0.6) is 0 Å². The molecule has 0 aliphatic rings. The Morgan fingerprint density at radius 2 is 0.701 bits per heavy atom. The lowest BCUT2D eigenvalue weighted by Crippen LogP contribution is -1.94. The molecule has 0 saturated carbocycles. The van der Waals surface area contributed by atoms with Crippen LogP contribution in [0.2, 0.25) is 0 Å². The Morgan fingerprint density at radius 1 is 0.239 bits per heavy atom. The summed E-state index contributed by atoms with van der Waals surface area (Å²) < 4.78 is 187. The van der Waals surface area contributed by atoms with E-state index in [1.165, 1.54) is 120 Å². The van der Waals surface area contributed by atoms with Gasteiger partial charge in [0.25, 0.3) is 22.7 Å². The van der Waals surface area contributed by atoms with Crippen molar-refractivity contribution in [2.75, 3.05) is 0 Å². The van der Waals surface area contributed by atoms with Crippen LogP contribution in [0.1, 0.15) is 72.3 Å². The smallest absolute Gasteiger partial charge is 0.258 e. The molecule has 0 aliphatic heterocycles. The molecule has 0 aliphatic carbocycles. The maximum atomic E-state index is 12.7. The van der Waals surface area contributed by atoms with Crippen molar-refractivity contribution in [1.29, 1.82) is 10.5 Å². The Morgan fingerprint density at radius 3 is 1.15 bits per heavy atom. The summed E-state index contributed by atoms with van der Waals surface area (Å²) in [4.78, 5) is 66.6. The number of halogens is 15. The van der Waals surface area contributed by atoms with Crippen LogP contribution in [0.4, 0.5) is 106 Å². The standard InChI is InChI=1S/2C8H6FN.2C7H5F3.7C7H6FNO2/c1-6-2-7(5-10)4-8(9)3-6;1-6-2-3-7(5-10)4-8(6)9;1-4-2-5(8)3-6(9)7(4)10;1-4-2-3-5(8)7(10)6(4)9;1-5-4-6(9(10)11)2-3-7(5)8;1-5-4-6(8)2-3-7(5)9(10)11;1-5-2-3-6(9(10)11)4-7(5)8;1-5-2-3-6(8)4-7(5)9(10)11;1-5-2-3-7(9(10)11)6(8)4-5;1-5-2-3-6(8)7(4-5)9(10)11;1-5-3-2-4-6(8)7(5)9(10)11/h2*2-4H,1H3;2*2-3H,1H3;7*2-4H,1H3. The fourth-order valence-electron chi connectivity index (χ4n) is 8.19. The number of nitro benzene ring substituents is 7. The Balaban J connectivity index is 0.000000644. The molecular weight excluding hydrogens is 1580 g/mol. The highest BCUT2D eigenvalue weighted by molar-refractivity contribution is 5.43. The van der Waals surface area contributed by atoms with Crippen molar-refractivity contribution in [3.63, 3.8) is 0 Å². The van der Waals surface area contributed by atoms with E-state index in [4.69, 9.17) is 10.5 Å². The minimum atomic E-state index is -1.40. The summed E-state index contributed by atoms with van der Waals surface area (Å²) in [6, 6.07) is 41.4. The van der Waals surface area contributed by atoms with Gasteiger partial charge in [-0.05, 0) is 218 Å². The minimum Gasteiger partial charge on any atom is -0.258 e. The second-order valence-electron chi connectivity index (χ2n) is 23.6. The third-order valence-electron chi connectivity index (χ3n) is 14.3. The van der Waals surface area contributed by atoms with Crippen molar-refractivity contribution in [2.45, 2.75) is 76.2 Å². The third-order valence-corrected chi connectivity index (χ3v) is 14.3. The van der Waals surface area contributed by atoms with Crippen molar-refractivity contribution < 1.29 is 100 Å². The van der Waals surface area contributed by atoms with E-state index in [1.54, 1.807) is 59.7 Å². The molecule has 11 aromatic rings. The van der Waals surface area contributed by atoms with Gasteiger partial charge in [-0.15, -0.1) is 0 Å². The molecule has 0 fully saturated rings. The highest BCUT2D eigenvalue weighted by atomic mass is 19.2. The van der Waals surface area contributed by atoms with E-state index < -0.39 is 127 Å². The van der Waals surface area contributed by atoms with Crippen molar-refractivity contribution in [3.05, 3.63) is 418 Å². The van der Waals surface area contributed by atoms with Crippen LogP contribution in [-0.2, 0) is 0 Å². The molecule has 0 spiro atoms. The van der Waals surface area contributed by atoms with Crippen LogP contribution in [0, 0.1) is 257 Å². The summed E-state index contributed by atoms with van der Waals surface area (Å²) in [6.45, 7) is 17.1. The second-order valence-corrected chi connectivity index (χ2v) is 23.6. The first-order chi connectivity index (χ1) is 54.5. The van der Waals surface area contributed by atoms with Crippen molar-refractivity contribution in [3.8, 4) is 12.1 Å². The SMILES string of the molecule is Cc1cc(F)cc(C#N)c1.Cc1cc(F)cc(F)c1F.Cc1cc(F)ccc1[N+](=O)[O-].Cc1cc([N+](=O)[O-])ccc1F.Cc1ccc(C#N)cc1F.Cc1ccc(F)c(F)c1F.Cc1ccc(F)c([N+](=O)[O-])c1.Cc1ccc(F)cc1[N+](=O)[O-].Cc1ccc([N+](=O)[O-])c(F)c1.Cc1ccc([N+](=O)[O-])cc1F.Cc1cccc(F)c1[N+](=O)[O-]. The summed E-state index contributed by atoms with van der Waals surface area (Å²) in [6.07, 6.45) is 0. The second kappa shape index (κ2) is 48.8. The fourth-order valence-corrected chi connectivity index (χ4v) is 8.19. The van der Waals surface area contributed by atoms with Gasteiger partial charge in [0.05, 0.1) is 69.9 Å². The molecular formula is C79H64F15N9O14. The zero-order valence-electron chi connectivity index (χ0n) is 62.8. The lowest BCUT2D eigenvalue weighted by molar-refractivity contribution is -0.388. The van der Waals surface area contributed by atoms with Crippen LogP contribution in [0.3, 0.4) is 0 Å². The predicted octanol–water partition coefficient (Wildman–Crippen LogP) is 23.1. The molecule has 11 aromatic carbocycles. The van der Waals surface area contributed by atoms with Crippen molar-refractivity contribution in [1.82, 2.24) is 0 Å². The molecule has 11 rings (SSSR count). The molecule has 0 aromatic heterocycles. The van der Waals surface area contributed by atoms with Gasteiger partial charge >= 0.3 is 17.1 Å². The average molecular weight is 1650 g/mol. The van der Waals surface area contributed by atoms with E-state index in [9.17, 15) is 137 Å². The number of rotatable bonds is 7. The van der Waals surface area contributed by atoms with Crippen molar-refractivity contribution >= 4 is 39.8 Å². The highest BCUT2D eigenvalue weighted by Gasteiger charge is 2.18. The van der Waals surface area contributed by atoms with E-state index in [1.807, 2.05) is 12.1 Å². The van der Waals surface area contributed by atoms with E-state index in [0.717, 1.165) is 84.4 Å². The van der Waals surface area contributed by atoms with Gasteiger partial charge in [0, 0.05) is 59.2 Å². The minimum absolute atomic E-state index is 0.0162. The number of hydrogen-bond acceptors (Lipinski definition) is 16. The molecule has 0 saturated heterocycles. The maximum Gasteiger partial charge on any atom is 0.307 e. The van der Waals surface area contributed by atoms with Crippen LogP contribution >= 0.6 is 0 Å². The molecule has 0 unspecified atom stereocenters. The van der Waals surface area contributed by atoms with Crippen molar-refractivity contribution in [2.24, 2.45) is 0 Å². The predicted molar refractivity (Wildman–Crippen MR) is 398 cm³/mol. The Kier molecular flexibility index (Phi) is 41.8. The fraction of sp³-hybridized carbons (Fsp3) is 0.139. The topological polar surface area (TPSA) is 350 Å². The summed E-state index contributed by atoms with van der Waals surface area (Å²) in [5, 5.41) is 87.8. The Hall–Kier alpha value is -14.9. The first kappa shape index (κ1) is 100. The summed E-state index contributed by atoms with van der Waals surface area (Å²) in [7, 11) is 0. The number of nitrogens with zero attached hydrogens (tertiary/aromatic N) is 9. The number of nitro groups is 7. The molecule has 0 heterocycles. The lowest BCUT2D eigenvalue weighted by Gasteiger charge is -1.96. The number of benzene rings is 11. The number of para-hydroxylation sites is 1. The number of aryl methyl sites for hydroxylation is 11. The van der Waals surface area contributed by atoms with Crippen LogP contribution < -0.4 is 0 Å². The highest BCUT2D eigenvalue weighted by Crippen LogP contribution is 2.25. The zero-order chi connectivity index (χ0) is 89.6. The molecule has 0 bridgehead atoms. The van der Waals surface area contributed by atoms with Crippen LogP contribution in [0.25, 0.3) is 0 Å². The van der Waals surface area contributed by atoms with Gasteiger partial charge < -0.3 is 0 Å². The molecule has 23 nitrogen and oxygen atoms in total. The molecule has 0 amide bonds. The van der Waals surface area contributed by atoms with Gasteiger partial charge in [-0.3, -0.25) is 70.8 Å². The van der Waals surface area contributed by atoms with Crippen LogP contribution in [-0.4, -0.2) is 34.5 Å². The number of non-ortho nitro benzene ring substituents is 2. The normalized spacial score (nSPS) is 9.57. The summed E-state index contributed by atoms with van der Waals surface area (Å²) in [5.41, 5.74) is 3.48. The maximum absolute atomic E-state index is 12.7. The summed E-state index contributed by atoms with van der Waals surface area (Å²) >= 11 is 0. The molecule has 0 radical (unpaired) electrons. The van der Waals surface area contributed by atoms with E-state index in [-0.39, 0.29) is 45.5 Å². The Bertz CT molecular complexity index is 5210. The monoisotopic (exact) mass is 1650 g/mol. The van der Waals surface area contributed by atoms with Gasteiger partial charge in [-0.2, -0.15) is 23.7 Å². The van der Waals surface area contributed by atoms with Gasteiger partial charge in [0.1, 0.15) is 40.7 Å². The third kappa shape index (κ3) is 35.6. The first-order valence-corrected chi connectivity index (χ1v) is 32.4. The molecule has 614 valence electrons. The largest absolute Gasteiger partial charge is 0.307 e. The average Bonchev–Trinajstić information content (AvgIpc) is 0.855. The number of hydrogen-bond donors (Lipinski definition) is 0. The van der Waals surface area contributed by atoms with Crippen LogP contribution in [0.15, 0.2) is 188 Å². The lowest BCUT2D eigenvalue weighted by atomic mass is 10.1. The molecule has 117 heavy (non-hydrogen) atoms. The first-order valence-electron chi connectivity index (χ1n) is 32.4. The molecule has 38 heteroatoms. The quantitative estimate of drug-likeness (QED) is 0.0470. The Labute approximate surface area is 655 Å². The van der Waals surface area contributed by atoms with E-state index in [2.05, 4.69) is 0 Å². The summed E-state index contributed by atoms with van der Waals surface area (Å²) in [5.74, 6) is -11.6.